The fourth-order valence-electron chi connectivity index (χ4n) is 2.56. The Bertz CT molecular complexity index is 1070. The van der Waals surface area contributed by atoms with Crippen molar-refractivity contribution in [2.45, 2.75) is 17.9 Å². The molecular weight excluding hydrogens is 404 g/mol. The fourth-order valence-corrected chi connectivity index (χ4v) is 4.74. The number of hydrogen-bond acceptors (Lipinski definition) is 6. The van der Waals surface area contributed by atoms with E-state index in [1.165, 1.54) is 23.5 Å². The van der Waals surface area contributed by atoms with Crippen molar-refractivity contribution in [2.24, 2.45) is 0 Å². The number of hydrogen-bond donors (Lipinski definition) is 2. The van der Waals surface area contributed by atoms with Gasteiger partial charge in [-0.15, -0.1) is 11.3 Å². The van der Waals surface area contributed by atoms with Gasteiger partial charge < -0.3 is 5.32 Å². The Balaban J connectivity index is 1.67. The van der Waals surface area contributed by atoms with Gasteiger partial charge in [0.1, 0.15) is 6.04 Å². The number of nitrogens with one attached hydrogen (secondary N) is 2. The van der Waals surface area contributed by atoms with Gasteiger partial charge in [0.2, 0.25) is 5.91 Å². The molecule has 3 aromatic rings. The molecule has 1 aromatic carbocycles. The van der Waals surface area contributed by atoms with Crippen LogP contribution in [0, 0.1) is 4.77 Å². The number of sulfone groups is 1. The molecular formula is C17H18N4O3S3. The zero-order chi connectivity index (χ0) is 19.4. The minimum Gasteiger partial charge on any atom is -0.353 e. The molecule has 0 bridgehead atoms. The summed E-state index contributed by atoms with van der Waals surface area (Å²) in [5.74, 6) is 0.0763. The summed E-state index contributed by atoms with van der Waals surface area (Å²) >= 11 is 6.74. The molecule has 0 saturated heterocycles. The Hall–Kier alpha value is -2.30. The maximum atomic E-state index is 12.5. The van der Waals surface area contributed by atoms with Crippen LogP contribution in [0.1, 0.15) is 13.0 Å². The highest BCUT2D eigenvalue weighted by Crippen LogP contribution is 2.25. The average molecular weight is 423 g/mol. The first kappa shape index (κ1) is 19.5. The highest BCUT2D eigenvalue weighted by Gasteiger charge is 2.22. The van der Waals surface area contributed by atoms with Gasteiger partial charge in [-0.3, -0.25) is 14.5 Å². The molecule has 0 spiro atoms. The van der Waals surface area contributed by atoms with E-state index >= 15 is 0 Å². The van der Waals surface area contributed by atoms with E-state index in [2.05, 4.69) is 15.5 Å². The molecule has 2 N–H and O–H groups in total. The molecule has 10 heteroatoms. The zero-order valence-corrected chi connectivity index (χ0v) is 16.9. The van der Waals surface area contributed by atoms with Crippen LogP contribution in [0.2, 0.25) is 0 Å². The molecule has 142 valence electrons. The third-order valence-corrected chi connectivity index (χ3v) is 6.87. The Labute approximate surface area is 166 Å². The van der Waals surface area contributed by atoms with E-state index in [4.69, 9.17) is 12.2 Å². The highest BCUT2D eigenvalue weighted by molar-refractivity contribution is 7.91. The number of rotatable bonds is 7. The van der Waals surface area contributed by atoms with Gasteiger partial charge in [-0.05, 0) is 42.7 Å². The van der Waals surface area contributed by atoms with Crippen molar-refractivity contribution < 1.29 is 13.2 Å². The van der Waals surface area contributed by atoms with Crippen molar-refractivity contribution in [3.8, 4) is 10.7 Å². The summed E-state index contributed by atoms with van der Waals surface area (Å²) in [6.07, 6.45) is 0. The molecule has 0 radical (unpaired) electrons. The summed E-state index contributed by atoms with van der Waals surface area (Å²) in [4.78, 5) is 13.6. The maximum Gasteiger partial charge on any atom is 0.242 e. The average Bonchev–Trinajstić information content (AvgIpc) is 3.31. The van der Waals surface area contributed by atoms with Gasteiger partial charge in [0.05, 0.1) is 15.5 Å². The van der Waals surface area contributed by atoms with Gasteiger partial charge in [-0.2, -0.15) is 5.10 Å². The van der Waals surface area contributed by atoms with E-state index in [-0.39, 0.29) is 23.1 Å². The number of H-pyrrole nitrogens is 1. The summed E-state index contributed by atoms with van der Waals surface area (Å²) in [5, 5.41) is 11.5. The van der Waals surface area contributed by atoms with E-state index in [0.29, 0.717) is 10.6 Å². The first-order chi connectivity index (χ1) is 12.9. The number of carbonyl (C=O) groups is 1. The lowest BCUT2D eigenvalue weighted by atomic mass is 10.3. The van der Waals surface area contributed by atoms with Crippen LogP contribution in [-0.2, 0) is 14.6 Å². The van der Waals surface area contributed by atoms with Crippen LogP contribution in [0.15, 0.2) is 52.7 Å². The number of aromatic nitrogens is 3. The molecule has 0 aliphatic carbocycles. The van der Waals surface area contributed by atoms with Crippen LogP contribution >= 0.6 is 23.6 Å². The standard InChI is InChI=1S/C17H18N4O3S3/c1-12(21-15(19-20-17(21)25)14-8-5-10-26-14)16(22)18-9-11-27(23,24)13-6-3-2-4-7-13/h2-8,10,12H,9,11H2,1H3,(H,18,22)(H,20,25). The minimum absolute atomic E-state index is 0.0138. The molecule has 0 aliphatic heterocycles. The summed E-state index contributed by atoms with van der Waals surface area (Å²) in [5.41, 5.74) is 0. The topological polar surface area (TPSA) is 96.8 Å². The molecule has 1 unspecified atom stereocenters. The van der Waals surface area contributed by atoms with Crippen molar-refractivity contribution in [3.05, 3.63) is 52.6 Å². The maximum absolute atomic E-state index is 12.5. The number of aromatic amines is 1. The lowest BCUT2D eigenvalue weighted by Crippen LogP contribution is -2.34. The molecule has 3 rings (SSSR count). The molecule has 2 aromatic heterocycles. The van der Waals surface area contributed by atoms with Crippen LogP contribution in [0.4, 0.5) is 0 Å². The van der Waals surface area contributed by atoms with Crippen molar-refractivity contribution in [1.29, 1.82) is 0 Å². The van der Waals surface area contributed by atoms with Crippen LogP contribution in [-0.4, -0.2) is 41.4 Å². The van der Waals surface area contributed by atoms with E-state index in [0.717, 1.165) is 4.88 Å². The molecule has 0 fully saturated rings. The first-order valence-electron chi connectivity index (χ1n) is 8.16. The summed E-state index contributed by atoms with van der Waals surface area (Å²) in [6, 6.07) is 11.3. The number of benzene rings is 1. The Morgan fingerprint density at radius 2 is 2.04 bits per heavy atom. The zero-order valence-electron chi connectivity index (χ0n) is 14.5. The second kappa shape index (κ2) is 8.15. The normalized spacial score (nSPS) is 12.6. The highest BCUT2D eigenvalue weighted by atomic mass is 32.2. The lowest BCUT2D eigenvalue weighted by Gasteiger charge is -2.15. The summed E-state index contributed by atoms with van der Waals surface area (Å²) in [6.45, 7) is 1.71. The van der Waals surface area contributed by atoms with E-state index in [9.17, 15) is 13.2 Å². The molecule has 2 heterocycles. The van der Waals surface area contributed by atoms with Gasteiger partial charge in [0.15, 0.2) is 20.4 Å². The third-order valence-electron chi connectivity index (χ3n) is 3.99. The SMILES string of the molecule is CC(C(=O)NCCS(=O)(=O)c1ccccc1)n1c(-c2cccs2)n[nH]c1=S. The second-order valence-electron chi connectivity index (χ2n) is 5.80. The van der Waals surface area contributed by atoms with E-state index < -0.39 is 15.9 Å². The molecule has 0 aliphatic rings. The van der Waals surface area contributed by atoms with Gasteiger partial charge in [-0.25, -0.2) is 8.42 Å². The van der Waals surface area contributed by atoms with Crippen molar-refractivity contribution in [2.75, 3.05) is 12.3 Å². The van der Waals surface area contributed by atoms with E-state index in [1.54, 1.807) is 29.7 Å². The van der Waals surface area contributed by atoms with Crippen molar-refractivity contribution >= 4 is 39.3 Å². The predicted octanol–water partition coefficient (Wildman–Crippen LogP) is 2.82. The Morgan fingerprint density at radius 1 is 1.30 bits per heavy atom. The van der Waals surface area contributed by atoms with Crippen molar-refractivity contribution in [3.63, 3.8) is 0 Å². The number of amides is 1. The molecule has 1 amide bonds. The largest absolute Gasteiger partial charge is 0.353 e. The monoisotopic (exact) mass is 422 g/mol. The van der Waals surface area contributed by atoms with E-state index in [1.807, 2.05) is 17.5 Å². The lowest BCUT2D eigenvalue weighted by molar-refractivity contribution is -0.123. The molecule has 1 atom stereocenters. The number of thiophene rings is 1. The van der Waals surface area contributed by atoms with Crippen molar-refractivity contribution in [1.82, 2.24) is 20.1 Å². The number of nitrogens with zero attached hydrogens (tertiary/aromatic N) is 2. The second-order valence-corrected chi connectivity index (χ2v) is 9.24. The van der Waals surface area contributed by atoms with Crippen LogP contribution in [0.25, 0.3) is 10.7 Å². The van der Waals surface area contributed by atoms with Gasteiger partial charge in [0, 0.05) is 6.54 Å². The molecule has 27 heavy (non-hydrogen) atoms. The summed E-state index contributed by atoms with van der Waals surface area (Å²) < 4.78 is 26.5. The van der Waals surface area contributed by atoms with Crippen LogP contribution in [0.3, 0.4) is 0 Å². The Kier molecular flexibility index (Phi) is 5.88. The molecule has 0 saturated carbocycles. The predicted molar refractivity (Wildman–Crippen MR) is 107 cm³/mol. The van der Waals surface area contributed by atoms with Crippen LogP contribution < -0.4 is 5.32 Å². The van der Waals surface area contributed by atoms with Gasteiger partial charge >= 0.3 is 0 Å². The van der Waals surface area contributed by atoms with Crippen LogP contribution in [0.5, 0.6) is 0 Å². The molecule has 7 nitrogen and oxygen atoms in total. The third kappa shape index (κ3) is 4.34. The quantitative estimate of drug-likeness (QED) is 0.571. The smallest absolute Gasteiger partial charge is 0.242 e. The fraction of sp³-hybridized carbons (Fsp3) is 0.235. The van der Waals surface area contributed by atoms with Gasteiger partial charge in [0.25, 0.3) is 0 Å². The van der Waals surface area contributed by atoms with Gasteiger partial charge in [-0.1, -0.05) is 24.3 Å². The number of carbonyl (C=O) groups excluding carboxylic acids is 1. The Morgan fingerprint density at radius 3 is 2.70 bits per heavy atom. The minimum atomic E-state index is -3.45. The summed E-state index contributed by atoms with van der Waals surface area (Å²) in [7, 11) is -3.45. The first-order valence-corrected chi connectivity index (χ1v) is 11.1.